The van der Waals surface area contributed by atoms with E-state index in [2.05, 4.69) is 4.99 Å². The molecule has 26 heavy (non-hydrogen) atoms. The van der Waals surface area contributed by atoms with E-state index >= 15 is 0 Å². The summed E-state index contributed by atoms with van der Waals surface area (Å²) in [6, 6.07) is 4.03. The molecule has 2 rings (SSSR count). The van der Waals surface area contributed by atoms with E-state index in [1.54, 1.807) is 6.92 Å². The van der Waals surface area contributed by atoms with Gasteiger partial charge in [0.2, 0.25) is 0 Å². The van der Waals surface area contributed by atoms with Gasteiger partial charge in [0.15, 0.2) is 0 Å². The zero-order chi connectivity index (χ0) is 19.4. The summed E-state index contributed by atoms with van der Waals surface area (Å²) >= 11 is 5.90. The van der Waals surface area contributed by atoms with Crippen molar-refractivity contribution in [1.29, 1.82) is 0 Å². The topological polar surface area (TPSA) is 125 Å². The molecule has 9 nitrogen and oxygen atoms in total. The van der Waals surface area contributed by atoms with E-state index in [0.717, 1.165) is 0 Å². The summed E-state index contributed by atoms with van der Waals surface area (Å²) in [5.41, 5.74) is 0.295. The number of halogens is 1. The lowest BCUT2D eigenvalue weighted by Gasteiger charge is -2.27. The number of non-ortho nitro benzene ring substituents is 1. The van der Waals surface area contributed by atoms with Gasteiger partial charge in [0.05, 0.1) is 40.3 Å². The Bertz CT molecular complexity index is 820. The van der Waals surface area contributed by atoms with Crippen LogP contribution >= 0.6 is 11.6 Å². The van der Waals surface area contributed by atoms with Crippen molar-refractivity contribution < 1.29 is 19.4 Å². The highest BCUT2D eigenvalue weighted by Crippen LogP contribution is 2.38. The third kappa shape index (κ3) is 3.72. The molecule has 0 spiro atoms. The van der Waals surface area contributed by atoms with Gasteiger partial charge in [-0.25, -0.2) is 4.79 Å². The van der Waals surface area contributed by atoms with Crippen molar-refractivity contribution >= 4 is 29.0 Å². The summed E-state index contributed by atoms with van der Waals surface area (Å²) in [5, 5.41) is 22.7. The molecule has 1 heterocycles. The lowest BCUT2D eigenvalue weighted by atomic mass is 9.80. The average Bonchev–Trinajstić information content (AvgIpc) is 2.60. The molecule has 10 heteroatoms. The zero-order valence-corrected chi connectivity index (χ0v) is 14.8. The molecule has 0 saturated heterocycles. The molecule has 0 bridgehead atoms. The highest BCUT2D eigenvalue weighted by atomic mass is 35.5. The Labute approximate surface area is 153 Å². The summed E-state index contributed by atoms with van der Waals surface area (Å²) in [6.07, 6.45) is 0. The molecule has 1 aromatic rings. The highest BCUT2D eigenvalue weighted by Gasteiger charge is 2.45. The molecule has 1 aliphatic rings. The van der Waals surface area contributed by atoms with Crippen LogP contribution in [-0.4, -0.2) is 40.1 Å². The maximum absolute atomic E-state index is 12.5. The van der Waals surface area contributed by atoms with Gasteiger partial charge in [-0.2, -0.15) is 0 Å². The number of benzene rings is 1. The van der Waals surface area contributed by atoms with E-state index < -0.39 is 27.8 Å². The van der Waals surface area contributed by atoms with Crippen LogP contribution in [0.25, 0.3) is 0 Å². The molecular formula is C16H16ClN3O6. The molecule has 0 amide bonds. The molecule has 0 N–H and O–H groups in total. The van der Waals surface area contributed by atoms with Gasteiger partial charge < -0.3 is 4.74 Å². The number of carbonyl (C=O) groups excluding carboxylic acids is 1. The number of allylic oxidation sites excluding steroid dienone is 1. The van der Waals surface area contributed by atoms with Gasteiger partial charge in [0.1, 0.15) is 0 Å². The first kappa shape index (κ1) is 19.5. The highest BCUT2D eigenvalue weighted by molar-refractivity contribution is 6.20. The third-order valence-corrected chi connectivity index (χ3v) is 4.22. The Morgan fingerprint density at radius 2 is 2.04 bits per heavy atom. The lowest BCUT2D eigenvalue weighted by Crippen LogP contribution is -2.40. The number of hydrogen-bond donors (Lipinski definition) is 0. The molecular weight excluding hydrogens is 366 g/mol. The van der Waals surface area contributed by atoms with Crippen molar-refractivity contribution in [2.75, 3.05) is 12.5 Å². The fraction of sp³-hybridized carbons (Fsp3) is 0.375. The number of ether oxygens (including phenoxy) is 1. The second-order valence-electron chi connectivity index (χ2n) is 5.53. The van der Waals surface area contributed by atoms with Crippen molar-refractivity contribution in [2.45, 2.75) is 25.8 Å². The van der Waals surface area contributed by atoms with Crippen molar-refractivity contribution in [3.05, 3.63) is 61.3 Å². The van der Waals surface area contributed by atoms with E-state index in [1.165, 1.54) is 31.2 Å². The van der Waals surface area contributed by atoms with Gasteiger partial charge in [-0.15, -0.1) is 11.6 Å². The Morgan fingerprint density at radius 3 is 2.58 bits per heavy atom. The summed E-state index contributed by atoms with van der Waals surface area (Å²) < 4.78 is 5.03. The maximum atomic E-state index is 12.5. The average molecular weight is 382 g/mol. The van der Waals surface area contributed by atoms with Crippen molar-refractivity contribution in [1.82, 2.24) is 0 Å². The lowest BCUT2D eigenvalue weighted by molar-refractivity contribution is -0.505. The van der Waals surface area contributed by atoms with Gasteiger partial charge in [-0.1, -0.05) is 12.1 Å². The third-order valence-electron chi connectivity index (χ3n) is 3.97. The maximum Gasteiger partial charge on any atom is 0.336 e. The van der Waals surface area contributed by atoms with Gasteiger partial charge in [-0.3, -0.25) is 25.2 Å². The summed E-state index contributed by atoms with van der Waals surface area (Å²) in [6.45, 7) is 3.13. The molecule has 138 valence electrons. The molecule has 0 radical (unpaired) electrons. The minimum absolute atomic E-state index is 0.0466. The first-order valence-electron chi connectivity index (χ1n) is 7.70. The van der Waals surface area contributed by atoms with Gasteiger partial charge in [-0.05, 0) is 19.4 Å². The van der Waals surface area contributed by atoms with Crippen molar-refractivity contribution in [3.63, 3.8) is 0 Å². The summed E-state index contributed by atoms with van der Waals surface area (Å²) in [7, 11) is 0. The first-order chi connectivity index (χ1) is 12.3. The number of aliphatic imine (C=N–C) groups is 1. The van der Waals surface area contributed by atoms with Crippen LogP contribution in [-0.2, 0) is 9.53 Å². The minimum atomic E-state index is -1.36. The largest absolute Gasteiger partial charge is 0.463 e. The standard InChI is InChI=1S/C16H16ClN3O6/c1-3-26-16(21)14-12(8-17)18-9(2)15(20(24)25)13(14)10-5-4-6-11(7-10)19(22)23/h4-7,13,15H,3,8H2,1-2H3. The Morgan fingerprint density at radius 1 is 1.35 bits per heavy atom. The molecule has 0 aliphatic carbocycles. The van der Waals surface area contributed by atoms with Gasteiger partial charge >= 0.3 is 5.97 Å². The number of nitro benzene ring substituents is 1. The number of rotatable bonds is 6. The molecule has 1 aliphatic heterocycles. The SMILES string of the molecule is CCOC(=O)C1=C(CCl)N=C(C)C([N+](=O)[O-])C1c1cccc([N+](=O)[O-])c1. The second kappa shape index (κ2) is 8.05. The monoisotopic (exact) mass is 381 g/mol. The van der Waals surface area contributed by atoms with E-state index in [4.69, 9.17) is 16.3 Å². The van der Waals surface area contributed by atoms with Crippen LogP contribution in [0.1, 0.15) is 25.3 Å². The Hall–Kier alpha value is -2.81. The quantitative estimate of drug-likeness (QED) is 0.323. The second-order valence-corrected chi connectivity index (χ2v) is 5.79. The van der Waals surface area contributed by atoms with E-state index in [9.17, 15) is 25.0 Å². The van der Waals surface area contributed by atoms with Gasteiger partial charge in [0, 0.05) is 17.1 Å². The number of hydrogen-bond acceptors (Lipinski definition) is 7. The van der Waals surface area contributed by atoms with Crippen molar-refractivity contribution in [3.8, 4) is 0 Å². The van der Waals surface area contributed by atoms with Crippen molar-refractivity contribution in [2.24, 2.45) is 4.99 Å². The number of nitro groups is 2. The predicted molar refractivity (Wildman–Crippen MR) is 94.1 cm³/mol. The van der Waals surface area contributed by atoms with Crippen LogP contribution in [0, 0.1) is 20.2 Å². The van der Waals surface area contributed by atoms with Crippen LogP contribution in [0.15, 0.2) is 40.5 Å². The molecule has 0 saturated carbocycles. The fourth-order valence-corrected chi connectivity index (χ4v) is 3.13. The number of alkyl halides is 1. The number of nitrogens with zero attached hydrogens (tertiary/aromatic N) is 3. The number of esters is 1. The number of carbonyl (C=O) groups is 1. The van der Waals surface area contributed by atoms with E-state index in [-0.39, 0.29) is 40.7 Å². The minimum Gasteiger partial charge on any atom is -0.463 e. The van der Waals surface area contributed by atoms with Crippen LogP contribution in [0.2, 0.25) is 0 Å². The summed E-state index contributed by atoms with van der Waals surface area (Å²) in [5.74, 6) is -2.01. The van der Waals surface area contributed by atoms with E-state index in [1.807, 2.05) is 0 Å². The normalized spacial score (nSPS) is 19.7. The van der Waals surface area contributed by atoms with Crippen LogP contribution < -0.4 is 0 Å². The Kier molecular flexibility index (Phi) is 6.04. The fourth-order valence-electron chi connectivity index (χ4n) is 2.93. The van der Waals surface area contributed by atoms with Gasteiger partial charge in [0.25, 0.3) is 11.7 Å². The Balaban J connectivity index is 2.72. The molecule has 0 aromatic heterocycles. The smallest absolute Gasteiger partial charge is 0.336 e. The molecule has 0 fully saturated rings. The van der Waals surface area contributed by atoms with Crippen LogP contribution in [0.3, 0.4) is 0 Å². The first-order valence-corrected chi connectivity index (χ1v) is 8.24. The molecule has 2 atom stereocenters. The van der Waals surface area contributed by atoms with Crippen LogP contribution in [0.5, 0.6) is 0 Å². The summed E-state index contributed by atoms with van der Waals surface area (Å²) in [4.78, 5) is 38.2. The van der Waals surface area contributed by atoms with Crippen LogP contribution in [0.4, 0.5) is 5.69 Å². The zero-order valence-electron chi connectivity index (χ0n) is 14.0. The molecule has 1 aromatic carbocycles. The molecule has 2 unspecified atom stereocenters. The van der Waals surface area contributed by atoms with E-state index in [0.29, 0.717) is 0 Å². The predicted octanol–water partition coefficient (Wildman–Crippen LogP) is 2.85.